The van der Waals surface area contributed by atoms with Crippen LogP contribution in [-0.4, -0.2) is 32.6 Å². The Balaban J connectivity index is 1.99. The maximum Gasteiger partial charge on any atom is 0.262 e. The highest BCUT2D eigenvalue weighted by Gasteiger charge is 2.12. The Bertz CT molecular complexity index is 749. The molecule has 2 aromatic carbocycles. The number of hydrogen-bond acceptors (Lipinski definition) is 4. The third-order valence-electron chi connectivity index (χ3n) is 3.15. The number of carbonyl (C=O) groups excluding carboxylic acids is 2. The van der Waals surface area contributed by atoms with Crippen molar-refractivity contribution in [1.82, 2.24) is 5.32 Å². The molecule has 126 valence electrons. The molecule has 0 bridgehead atoms. The normalized spacial score (nSPS) is 9.96. The zero-order valence-electron chi connectivity index (χ0n) is 13.3. The van der Waals surface area contributed by atoms with E-state index in [0.717, 1.165) is 0 Å². The van der Waals surface area contributed by atoms with E-state index in [-0.39, 0.29) is 18.4 Å². The van der Waals surface area contributed by atoms with Gasteiger partial charge in [-0.05, 0) is 30.3 Å². The van der Waals surface area contributed by atoms with Crippen LogP contribution in [0, 0.1) is 0 Å². The number of nitrogens with one attached hydrogen (secondary N) is 2. The van der Waals surface area contributed by atoms with Crippen molar-refractivity contribution in [3.8, 4) is 11.5 Å². The van der Waals surface area contributed by atoms with Gasteiger partial charge in [0.1, 0.15) is 11.5 Å². The molecule has 0 spiro atoms. The van der Waals surface area contributed by atoms with Crippen LogP contribution in [0.2, 0.25) is 5.02 Å². The molecule has 0 radical (unpaired) electrons. The van der Waals surface area contributed by atoms with Gasteiger partial charge in [-0.15, -0.1) is 0 Å². The maximum absolute atomic E-state index is 12.0. The number of rotatable bonds is 6. The second-order valence-corrected chi connectivity index (χ2v) is 5.17. The molecule has 0 unspecified atom stereocenters. The molecule has 0 aliphatic carbocycles. The molecule has 7 heteroatoms. The molecule has 2 N–H and O–H groups in total. The first kappa shape index (κ1) is 17.6. The zero-order chi connectivity index (χ0) is 17.5. The molecule has 6 nitrogen and oxygen atoms in total. The molecule has 0 aliphatic rings. The minimum absolute atomic E-state index is 0.238. The second-order valence-electron chi connectivity index (χ2n) is 4.76. The average molecular weight is 349 g/mol. The molecular formula is C17H17ClN2O4. The van der Waals surface area contributed by atoms with Crippen molar-refractivity contribution >= 4 is 29.1 Å². The van der Waals surface area contributed by atoms with Gasteiger partial charge in [0.2, 0.25) is 0 Å². The summed E-state index contributed by atoms with van der Waals surface area (Å²) in [5, 5.41) is 5.57. The van der Waals surface area contributed by atoms with Crippen LogP contribution < -0.4 is 20.1 Å². The number of benzene rings is 2. The number of amides is 2. The monoisotopic (exact) mass is 348 g/mol. The summed E-state index contributed by atoms with van der Waals surface area (Å²) in [6, 6.07) is 11.6. The molecule has 2 aromatic rings. The Labute approximate surface area is 144 Å². The quantitative estimate of drug-likeness (QED) is 0.841. The van der Waals surface area contributed by atoms with Crippen molar-refractivity contribution in [3.63, 3.8) is 0 Å². The topological polar surface area (TPSA) is 76.7 Å². The lowest BCUT2D eigenvalue weighted by Gasteiger charge is -2.11. The first-order chi connectivity index (χ1) is 11.5. The van der Waals surface area contributed by atoms with Gasteiger partial charge in [0.05, 0.1) is 17.7 Å². The fourth-order valence-electron chi connectivity index (χ4n) is 2.00. The molecular weight excluding hydrogens is 332 g/mol. The highest BCUT2D eigenvalue weighted by molar-refractivity contribution is 6.32. The third kappa shape index (κ3) is 4.39. The van der Waals surface area contributed by atoms with Crippen molar-refractivity contribution in [2.75, 3.05) is 26.1 Å². The van der Waals surface area contributed by atoms with Crippen molar-refractivity contribution in [3.05, 3.63) is 53.1 Å². The maximum atomic E-state index is 12.0. The summed E-state index contributed by atoms with van der Waals surface area (Å²) in [5.41, 5.74) is 0.884. The summed E-state index contributed by atoms with van der Waals surface area (Å²) >= 11 is 6.01. The minimum Gasteiger partial charge on any atom is -0.495 e. The lowest BCUT2D eigenvalue weighted by Crippen LogP contribution is -2.22. The number of para-hydroxylation sites is 1. The first-order valence-electron chi connectivity index (χ1n) is 7.12. The summed E-state index contributed by atoms with van der Waals surface area (Å²) in [4.78, 5) is 23.7. The standard InChI is InChI=1S/C17H17ClN2O4/c1-19-17(22)12-5-3-4-6-14(12)24-10-16(21)20-11-7-8-15(23-2)13(18)9-11/h3-9H,10H2,1-2H3,(H,19,22)(H,20,21). The van der Waals surface area contributed by atoms with E-state index in [1.807, 2.05) is 0 Å². The Morgan fingerprint density at radius 3 is 2.54 bits per heavy atom. The predicted molar refractivity (Wildman–Crippen MR) is 92.0 cm³/mol. The number of anilines is 1. The van der Waals surface area contributed by atoms with Crippen LogP contribution in [0.15, 0.2) is 42.5 Å². The minimum atomic E-state index is -0.372. The van der Waals surface area contributed by atoms with E-state index in [2.05, 4.69) is 10.6 Å². The van der Waals surface area contributed by atoms with Gasteiger partial charge in [0.15, 0.2) is 6.61 Å². The van der Waals surface area contributed by atoms with Crippen LogP contribution in [0.1, 0.15) is 10.4 Å². The van der Waals surface area contributed by atoms with E-state index in [9.17, 15) is 9.59 Å². The summed E-state index contributed by atoms with van der Waals surface area (Å²) in [6.07, 6.45) is 0. The van der Waals surface area contributed by atoms with E-state index in [0.29, 0.717) is 27.8 Å². The summed E-state index contributed by atoms with van der Waals surface area (Å²) in [5.74, 6) is 0.195. The number of hydrogen-bond donors (Lipinski definition) is 2. The lowest BCUT2D eigenvalue weighted by molar-refractivity contribution is -0.118. The van der Waals surface area contributed by atoms with Crippen LogP contribution in [0.4, 0.5) is 5.69 Å². The molecule has 0 saturated carbocycles. The number of carbonyl (C=O) groups is 2. The van der Waals surface area contributed by atoms with Crippen molar-refractivity contribution < 1.29 is 19.1 Å². The summed E-state index contributed by atoms with van der Waals surface area (Å²) < 4.78 is 10.5. The Kier molecular flexibility index (Phi) is 6.03. The molecule has 0 saturated heterocycles. The lowest BCUT2D eigenvalue weighted by atomic mass is 10.2. The van der Waals surface area contributed by atoms with E-state index in [1.54, 1.807) is 42.5 Å². The van der Waals surface area contributed by atoms with Gasteiger partial charge in [0.25, 0.3) is 11.8 Å². The molecule has 24 heavy (non-hydrogen) atoms. The van der Waals surface area contributed by atoms with Crippen LogP contribution in [-0.2, 0) is 4.79 Å². The van der Waals surface area contributed by atoms with Crippen LogP contribution in [0.25, 0.3) is 0 Å². The Morgan fingerprint density at radius 2 is 1.88 bits per heavy atom. The van der Waals surface area contributed by atoms with Gasteiger partial charge in [-0.25, -0.2) is 0 Å². The smallest absolute Gasteiger partial charge is 0.262 e. The molecule has 0 atom stereocenters. The van der Waals surface area contributed by atoms with Gasteiger partial charge in [-0.3, -0.25) is 9.59 Å². The predicted octanol–water partition coefficient (Wildman–Crippen LogP) is 2.73. The SMILES string of the molecule is CNC(=O)c1ccccc1OCC(=O)Nc1ccc(OC)c(Cl)c1. The molecule has 2 rings (SSSR count). The average Bonchev–Trinajstić information content (AvgIpc) is 2.59. The molecule has 0 aliphatic heterocycles. The van der Waals surface area contributed by atoms with E-state index in [4.69, 9.17) is 21.1 Å². The molecule has 0 heterocycles. The Morgan fingerprint density at radius 1 is 1.12 bits per heavy atom. The fraction of sp³-hybridized carbons (Fsp3) is 0.176. The summed E-state index contributed by atoms with van der Waals surface area (Å²) in [6.45, 7) is -0.238. The van der Waals surface area contributed by atoms with Crippen LogP contribution in [0.3, 0.4) is 0 Å². The molecule has 0 aromatic heterocycles. The van der Waals surface area contributed by atoms with Gasteiger partial charge < -0.3 is 20.1 Å². The van der Waals surface area contributed by atoms with Gasteiger partial charge in [-0.2, -0.15) is 0 Å². The van der Waals surface area contributed by atoms with Crippen molar-refractivity contribution in [2.45, 2.75) is 0 Å². The van der Waals surface area contributed by atoms with Crippen LogP contribution in [0.5, 0.6) is 11.5 Å². The van der Waals surface area contributed by atoms with Gasteiger partial charge >= 0.3 is 0 Å². The highest BCUT2D eigenvalue weighted by Crippen LogP contribution is 2.27. The van der Waals surface area contributed by atoms with E-state index in [1.165, 1.54) is 14.2 Å². The third-order valence-corrected chi connectivity index (χ3v) is 3.45. The van der Waals surface area contributed by atoms with E-state index < -0.39 is 0 Å². The molecule has 0 fully saturated rings. The molecule has 2 amide bonds. The Hall–Kier alpha value is -2.73. The van der Waals surface area contributed by atoms with Gasteiger partial charge in [0, 0.05) is 12.7 Å². The van der Waals surface area contributed by atoms with Gasteiger partial charge in [-0.1, -0.05) is 23.7 Å². The number of halogens is 1. The van der Waals surface area contributed by atoms with Crippen molar-refractivity contribution in [1.29, 1.82) is 0 Å². The number of methoxy groups -OCH3 is 1. The van der Waals surface area contributed by atoms with E-state index >= 15 is 0 Å². The largest absolute Gasteiger partial charge is 0.495 e. The highest BCUT2D eigenvalue weighted by atomic mass is 35.5. The van der Waals surface area contributed by atoms with Crippen molar-refractivity contribution in [2.24, 2.45) is 0 Å². The second kappa shape index (κ2) is 8.21. The fourth-order valence-corrected chi connectivity index (χ4v) is 2.26. The number of ether oxygens (including phenoxy) is 2. The van der Waals surface area contributed by atoms with Crippen LogP contribution >= 0.6 is 11.6 Å². The zero-order valence-corrected chi connectivity index (χ0v) is 14.0. The summed E-state index contributed by atoms with van der Waals surface area (Å²) in [7, 11) is 3.04. The first-order valence-corrected chi connectivity index (χ1v) is 7.50.